The van der Waals surface area contributed by atoms with E-state index >= 15 is 0 Å². The Morgan fingerprint density at radius 3 is 2.48 bits per heavy atom. The van der Waals surface area contributed by atoms with Crippen molar-refractivity contribution in [2.45, 2.75) is 56.5 Å². The zero-order chi connectivity index (χ0) is 17.2. The van der Waals surface area contributed by atoms with Crippen LogP contribution in [0, 0.1) is 6.92 Å². The highest BCUT2D eigenvalue weighted by Crippen LogP contribution is 2.22. The fraction of sp³-hybridized carbons (Fsp3) is 0.667. The van der Waals surface area contributed by atoms with E-state index in [2.05, 4.69) is 9.97 Å². The highest BCUT2D eigenvalue weighted by Gasteiger charge is 2.30. The minimum Gasteiger partial charge on any atom is -0.444 e. The molecule has 1 atom stereocenters. The van der Waals surface area contributed by atoms with Gasteiger partial charge in [0.25, 0.3) is 0 Å². The number of carbonyl (C=O) groups excluding carboxylic acids is 1. The predicted octanol–water partition coefficient (Wildman–Crippen LogP) is 2.95. The number of hydrogen-bond acceptors (Lipinski definition) is 5. The average Bonchev–Trinajstić information content (AvgIpc) is 2.44. The molecule has 0 saturated carbocycles. The van der Waals surface area contributed by atoms with Crippen LogP contribution < -0.4 is 0 Å². The van der Waals surface area contributed by atoms with E-state index in [0.29, 0.717) is 36.8 Å². The third kappa shape index (κ3) is 5.14. The van der Waals surface area contributed by atoms with Crippen LogP contribution in [0.2, 0.25) is 5.15 Å². The molecule has 0 N–H and O–H groups in total. The number of amides is 1. The molecule has 0 spiro atoms. The quantitative estimate of drug-likeness (QED) is 0.599. The van der Waals surface area contributed by atoms with Crippen molar-refractivity contribution in [2.24, 2.45) is 0 Å². The minimum atomic E-state index is -1.32. The van der Waals surface area contributed by atoms with E-state index in [1.807, 2.05) is 20.8 Å². The van der Waals surface area contributed by atoms with E-state index in [-0.39, 0.29) is 16.5 Å². The predicted molar refractivity (Wildman–Crippen MR) is 89.0 cm³/mol. The second-order valence-corrected chi connectivity index (χ2v) is 8.59. The fourth-order valence-electron chi connectivity index (χ4n) is 2.32. The average molecular weight is 360 g/mol. The molecule has 2 rings (SSSR count). The molecule has 0 unspecified atom stereocenters. The molecule has 0 aromatic carbocycles. The fourth-order valence-corrected chi connectivity index (χ4v) is 3.97. The molecule has 0 radical (unpaired) electrons. The van der Waals surface area contributed by atoms with Gasteiger partial charge in [0.1, 0.15) is 10.8 Å². The van der Waals surface area contributed by atoms with Gasteiger partial charge in [0.15, 0.2) is 0 Å². The molecule has 8 heteroatoms. The lowest BCUT2D eigenvalue weighted by Gasteiger charge is -2.32. The molecular weight excluding hydrogens is 338 g/mol. The summed E-state index contributed by atoms with van der Waals surface area (Å²) >= 11 is 5.90. The molecule has 1 aromatic rings. The normalized spacial score (nSPS) is 17.9. The number of piperidine rings is 1. The summed E-state index contributed by atoms with van der Waals surface area (Å²) in [5.74, 6) is 0. The third-order valence-electron chi connectivity index (χ3n) is 3.38. The molecular formula is C15H22ClN3O3S. The van der Waals surface area contributed by atoms with Gasteiger partial charge in [0.05, 0.1) is 10.8 Å². The summed E-state index contributed by atoms with van der Waals surface area (Å²) in [7, 11) is -1.32. The maximum Gasteiger partial charge on any atom is 0.410 e. The van der Waals surface area contributed by atoms with Crippen molar-refractivity contribution in [3.8, 4) is 0 Å². The van der Waals surface area contributed by atoms with Gasteiger partial charge in [0.2, 0.25) is 5.16 Å². The van der Waals surface area contributed by atoms with Crippen LogP contribution in [0.1, 0.15) is 39.3 Å². The van der Waals surface area contributed by atoms with Crippen molar-refractivity contribution in [1.29, 1.82) is 0 Å². The maximum absolute atomic E-state index is 12.6. The largest absolute Gasteiger partial charge is 0.444 e. The van der Waals surface area contributed by atoms with Gasteiger partial charge in [-0.15, -0.1) is 0 Å². The molecule has 23 heavy (non-hydrogen) atoms. The number of carbonyl (C=O) groups is 1. The van der Waals surface area contributed by atoms with Gasteiger partial charge in [-0.1, -0.05) is 11.6 Å². The Hall–Kier alpha value is -1.21. The van der Waals surface area contributed by atoms with Crippen molar-refractivity contribution in [2.75, 3.05) is 13.1 Å². The van der Waals surface area contributed by atoms with Gasteiger partial charge >= 0.3 is 6.09 Å². The van der Waals surface area contributed by atoms with Gasteiger partial charge in [0, 0.05) is 24.0 Å². The molecule has 0 bridgehead atoms. The number of ether oxygens (including phenoxy) is 1. The van der Waals surface area contributed by atoms with Crippen LogP contribution >= 0.6 is 11.6 Å². The summed E-state index contributed by atoms with van der Waals surface area (Å²) in [5, 5.41) is 0.490. The Labute approximate surface area is 144 Å². The molecule has 1 amide bonds. The molecule has 1 aliphatic heterocycles. The van der Waals surface area contributed by atoms with Crippen molar-refractivity contribution in [3.05, 3.63) is 16.9 Å². The van der Waals surface area contributed by atoms with Crippen molar-refractivity contribution in [3.63, 3.8) is 0 Å². The highest BCUT2D eigenvalue weighted by atomic mass is 35.5. The molecule has 1 saturated heterocycles. The van der Waals surface area contributed by atoms with Crippen LogP contribution in [0.5, 0.6) is 0 Å². The topological polar surface area (TPSA) is 72.4 Å². The van der Waals surface area contributed by atoms with E-state index in [4.69, 9.17) is 16.3 Å². The molecule has 6 nitrogen and oxygen atoms in total. The van der Waals surface area contributed by atoms with Gasteiger partial charge in [-0.05, 0) is 46.6 Å². The summed E-state index contributed by atoms with van der Waals surface area (Å²) in [6, 6.07) is 1.63. The minimum absolute atomic E-state index is 0.0773. The van der Waals surface area contributed by atoms with Gasteiger partial charge in [-0.3, -0.25) is 4.21 Å². The maximum atomic E-state index is 12.6. The number of aryl methyl sites for hydroxylation is 1. The van der Waals surface area contributed by atoms with Crippen LogP contribution in [0.3, 0.4) is 0 Å². The zero-order valence-corrected chi connectivity index (χ0v) is 15.4. The number of hydrogen-bond donors (Lipinski definition) is 0. The Balaban J connectivity index is 1.96. The lowest BCUT2D eigenvalue weighted by molar-refractivity contribution is 0.0218. The molecule has 1 aliphatic rings. The highest BCUT2D eigenvalue weighted by molar-refractivity contribution is 7.85. The van der Waals surface area contributed by atoms with E-state index < -0.39 is 16.4 Å². The molecule has 2 heterocycles. The van der Waals surface area contributed by atoms with E-state index in [9.17, 15) is 9.00 Å². The van der Waals surface area contributed by atoms with Crippen molar-refractivity contribution >= 4 is 28.5 Å². The number of likely N-dealkylation sites (tertiary alicyclic amines) is 1. The molecule has 0 aliphatic carbocycles. The number of rotatable bonds is 2. The lowest BCUT2D eigenvalue weighted by atomic mass is 10.1. The van der Waals surface area contributed by atoms with Crippen LogP contribution in [0.4, 0.5) is 4.79 Å². The third-order valence-corrected chi connectivity index (χ3v) is 5.19. The van der Waals surface area contributed by atoms with Crippen LogP contribution in [0.15, 0.2) is 11.2 Å². The first-order chi connectivity index (χ1) is 10.7. The smallest absolute Gasteiger partial charge is 0.410 e. The Morgan fingerprint density at radius 1 is 1.35 bits per heavy atom. The summed E-state index contributed by atoms with van der Waals surface area (Å²) in [6.07, 6.45) is 0.929. The SMILES string of the molecule is Cc1cc(Cl)nc([S@](=O)C2CCN(C(=O)OC(C)(C)C)CC2)n1. The standard InChI is InChI=1S/C15H22ClN3O3S/c1-10-9-12(16)18-13(17-10)23(21)11-5-7-19(8-6-11)14(20)22-15(2,3)4/h9,11H,5-8H2,1-4H3/t23-/m1/s1. The first-order valence-electron chi connectivity index (χ1n) is 7.55. The van der Waals surface area contributed by atoms with E-state index in [0.717, 1.165) is 0 Å². The monoisotopic (exact) mass is 359 g/mol. The summed E-state index contributed by atoms with van der Waals surface area (Å²) in [6.45, 7) is 8.34. The van der Waals surface area contributed by atoms with Crippen molar-refractivity contribution in [1.82, 2.24) is 14.9 Å². The van der Waals surface area contributed by atoms with Crippen LogP contribution in [0.25, 0.3) is 0 Å². The lowest BCUT2D eigenvalue weighted by Crippen LogP contribution is -2.43. The van der Waals surface area contributed by atoms with Crippen LogP contribution in [-0.4, -0.2) is 49.1 Å². The Morgan fingerprint density at radius 2 is 1.96 bits per heavy atom. The van der Waals surface area contributed by atoms with Crippen molar-refractivity contribution < 1.29 is 13.7 Å². The van der Waals surface area contributed by atoms with E-state index in [1.54, 1.807) is 17.9 Å². The number of nitrogens with zero attached hydrogens (tertiary/aromatic N) is 3. The summed E-state index contributed by atoms with van der Waals surface area (Å²) in [5.41, 5.74) is 0.183. The first kappa shape index (κ1) is 18.1. The number of halogens is 1. The van der Waals surface area contributed by atoms with Gasteiger partial charge < -0.3 is 9.64 Å². The summed E-state index contributed by atoms with van der Waals surface area (Å²) in [4.78, 5) is 22.0. The van der Waals surface area contributed by atoms with E-state index in [1.165, 1.54) is 0 Å². The molecule has 1 fully saturated rings. The zero-order valence-electron chi connectivity index (χ0n) is 13.8. The second-order valence-electron chi connectivity index (χ2n) is 6.58. The summed E-state index contributed by atoms with van der Waals surface area (Å²) < 4.78 is 18.0. The Bertz CT molecular complexity index is 590. The van der Waals surface area contributed by atoms with Gasteiger partial charge in [-0.25, -0.2) is 14.8 Å². The molecule has 128 valence electrons. The Kier molecular flexibility index (Phi) is 5.62. The molecule has 1 aromatic heterocycles. The second kappa shape index (κ2) is 7.13. The van der Waals surface area contributed by atoms with Gasteiger partial charge in [-0.2, -0.15) is 0 Å². The van der Waals surface area contributed by atoms with Crippen LogP contribution in [-0.2, 0) is 15.5 Å². The number of aromatic nitrogens is 2. The first-order valence-corrected chi connectivity index (χ1v) is 9.14.